The highest BCUT2D eigenvalue weighted by atomic mass is 32.1. The predicted octanol–water partition coefficient (Wildman–Crippen LogP) is 1.79. The van der Waals surface area contributed by atoms with Gasteiger partial charge >= 0.3 is 0 Å². The lowest BCUT2D eigenvalue weighted by Gasteiger charge is -2.34. The van der Waals surface area contributed by atoms with Gasteiger partial charge in [-0.3, -0.25) is 24.6 Å². The smallest absolute Gasteiger partial charge is 0.269 e. The number of hydrogen-bond acceptors (Lipinski definition) is 8. The van der Waals surface area contributed by atoms with Crippen molar-refractivity contribution in [3.63, 3.8) is 0 Å². The second kappa shape index (κ2) is 8.31. The van der Waals surface area contributed by atoms with E-state index < -0.39 is 4.92 Å². The summed E-state index contributed by atoms with van der Waals surface area (Å²) in [5.74, 6) is -0.0844. The van der Waals surface area contributed by atoms with Crippen molar-refractivity contribution in [3.05, 3.63) is 50.5 Å². The molecule has 0 N–H and O–H groups in total. The van der Waals surface area contributed by atoms with Crippen LogP contribution >= 0.6 is 11.5 Å². The van der Waals surface area contributed by atoms with E-state index in [9.17, 15) is 19.7 Å². The van der Waals surface area contributed by atoms with E-state index in [-0.39, 0.29) is 17.4 Å². The number of aryl methyl sites for hydroxylation is 1. The number of benzene rings is 1. The number of piperazine rings is 1. The maximum absolute atomic E-state index is 12.5. The molecule has 0 radical (unpaired) electrons. The Bertz CT molecular complexity index is 843. The largest absolute Gasteiger partial charge is 0.335 e. The fourth-order valence-corrected chi connectivity index (χ4v) is 3.54. The number of aromatic nitrogens is 2. The Balaban J connectivity index is 1.46. The number of rotatable bonds is 6. The van der Waals surface area contributed by atoms with Crippen LogP contribution < -0.4 is 0 Å². The van der Waals surface area contributed by atoms with Gasteiger partial charge in [0, 0.05) is 56.8 Å². The van der Waals surface area contributed by atoms with E-state index in [1.807, 2.05) is 0 Å². The van der Waals surface area contributed by atoms with E-state index >= 15 is 0 Å². The highest BCUT2D eigenvalue weighted by molar-refractivity contribution is 7.07. The summed E-state index contributed by atoms with van der Waals surface area (Å²) in [4.78, 5) is 39.4. The van der Waals surface area contributed by atoms with Gasteiger partial charge in [-0.05, 0) is 30.6 Å². The third kappa shape index (κ3) is 4.52. The number of nitro benzene ring substituents is 1. The van der Waals surface area contributed by atoms with Gasteiger partial charge < -0.3 is 4.90 Å². The topological polar surface area (TPSA) is 110 Å². The molecule has 0 bridgehead atoms. The van der Waals surface area contributed by atoms with Crippen LogP contribution in [0, 0.1) is 17.0 Å². The molecule has 1 aromatic carbocycles. The number of amides is 1. The number of ketones is 1. The van der Waals surface area contributed by atoms with Crippen LogP contribution in [0.15, 0.2) is 24.3 Å². The highest BCUT2D eigenvalue weighted by Crippen LogP contribution is 2.16. The van der Waals surface area contributed by atoms with Crippen LogP contribution in [-0.4, -0.2) is 68.7 Å². The fraction of sp³-hybridized carbons (Fsp3) is 0.412. The highest BCUT2D eigenvalue weighted by Gasteiger charge is 2.25. The first kappa shape index (κ1) is 19.1. The van der Waals surface area contributed by atoms with E-state index in [4.69, 9.17) is 0 Å². The number of carbonyl (C=O) groups excluding carboxylic acids is 2. The van der Waals surface area contributed by atoms with E-state index in [1.54, 1.807) is 11.8 Å². The standard InChI is InChI=1S/C17H19N5O4S/c1-12-16(27-19-18-12)17(24)21-10-8-20(9-11-21)7-6-15(23)13-2-4-14(5-3-13)22(25)26/h2-5H,6-11H2,1H3. The van der Waals surface area contributed by atoms with Crippen molar-refractivity contribution >= 4 is 28.9 Å². The monoisotopic (exact) mass is 389 g/mol. The van der Waals surface area contributed by atoms with Crippen LogP contribution in [0.25, 0.3) is 0 Å². The molecule has 0 saturated carbocycles. The maximum atomic E-state index is 12.5. The van der Waals surface area contributed by atoms with Gasteiger partial charge in [0.1, 0.15) is 4.88 Å². The molecule has 1 aliphatic heterocycles. The molecule has 2 aromatic rings. The summed E-state index contributed by atoms with van der Waals surface area (Å²) in [6, 6.07) is 5.66. The second-order valence-electron chi connectivity index (χ2n) is 6.30. The van der Waals surface area contributed by atoms with Gasteiger partial charge in [-0.2, -0.15) is 0 Å². The molecule has 1 fully saturated rings. The van der Waals surface area contributed by atoms with Gasteiger partial charge in [0.2, 0.25) is 0 Å². The average Bonchev–Trinajstić information content (AvgIpc) is 3.12. The molecular weight excluding hydrogens is 370 g/mol. The minimum atomic E-state index is -0.487. The Morgan fingerprint density at radius 1 is 1.19 bits per heavy atom. The molecule has 142 valence electrons. The summed E-state index contributed by atoms with van der Waals surface area (Å²) < 4.78 is 3.80. The first-order valence-corrected chi connectivity index (χ1v) is 9.31. The van der Waals surface area contributed by atoms with Crippen LogP contribution in [0.1, 0.15) is 32.1 Å². The first-order chi connectivity index (χ1) is 13.0. The van der Waals surface area contributed by atoms with Crippen LogP contribution in [0.2, 0.25) is 0 Å². The van der Waals surface area contributed by atoms with Crippen LogP contribution in [0.5, 0.6) is 0 Å². The zero-order valence-electron chi connectivity index (χ0n) is 14.8. The van der Waals surface area contributed by atoms with Crippen molar-refractivity contribution in [2.45, 2.75) is 13.3 Å². The van der Waals surface area contributed by atoms with Crippen LogP contribution in [-0.2, 0) is 0 Å². The lowest BCUT2D eigenvalue weighted by Crippen LogP contribution is -2.49. The van der Waals surface area contributed by atoms with E-state index in [0.29, 0.717) is 55.3 Å². The molecule has 9 nitrogen and oxygen atoms in total. The molecule has 1 aliphatic rings. The lowest BCUT2D eigenvalue weighted by atomic mass is 10.1. The molecule has 3 rings (SSSR count). The molecule has 27 heavy (non-hydrogen) atoms. The quantitative estimate of drug-likeness (QED) is 0.421. The molecule has 0 atom stereocenters. The molecule has 1 amide bonds. The van der Waals surface area contributed by atoms with Gasteiger partial charge in [0.05, 0.1) is 10.6 Å². The molecule has 0 spiro atoms. The zero-order chi connectivity index (χ0) is 19.4. The molecule has 1 saturated heterocycles. The van der Waals surface area contributed by atoms with Crippen molar-refractivity contribution in [3.8, 4) is 0 Å². The third-order valence-electron chi connectivity index (χ3n) is 4.56. The van der Waals surface area contributed by atoms with Gasteiger partial charge in [-0.25, -0.2) is 0 Å². The SMILES string of the molecule is Cc1nnsc1C(=O)N1CCN(CCC(=O)c2ccc([N+](=O)[O-])cc2)CC1. The van der Waals surface area contributed by atoms with Crippen molar-refractivity contribution in [2.75, 3.05) is 32.7 Å². The Labute approximate surface area is 159 Å². The van der Waals surface area contributed by atoms with Gasteiger partial charge in [0.15, 0.2) is 5.78 Å². The number of nitro groups is 1. The number of carbonyl (C=O) groups is 2. The second-order valence-corrected chi connectivity index (χ2v) is 7.05. The summed E-state index contributed by atoms with van der Waals surface area (Å²) in [5, 5.41) is 14.5. The zero-order valence-corrected chi connectivity index (χ0v) is 15.6. The van der Waals surface area contributed by atoms with Crippen molar-refractivity contribution in [2.24, 2.45) is 0 Å². The maximum Gasteiger partial charge on any atom is 0.269 e. The van der Waals surface area contributed by atoms with Gasteiger partial charge in [0.25, 0.3) is 11.6 Å². The average molecular weight is 389 g/mol. The van der Waals surface area contributed by atoms with Crippen LogP contribution in [0.4, 0.5) is 5.69 Å². The summed E-state index contributed by atoms with van der Waals surface area (Å²) in [5.41, 5.74) is 1.10. The fourth-order valence-electron chi connectivity index (χ4n) is 2.92. The number of Topliss-reactive ketones (excluding diaryl/α,β-unsaturated/α-hetero) is 1. The van der Waals surface area contributed by atoms with Crippen molar-refractivity contribution in [1.82, 2.24) is 19.4 Å². The minimum absolute atomic E-state index is 0.0290. The number of non-ortho nitro benzene ring substituents is 1. The normalized spacial score (nSPS) is 14.9. The first-order valence-electron chi connectivity index (χ1n) is 8.54. The summed E-state index contributed by atoms with van der Waals surface area (Å²) >= 11 is 1.11. The minimum Gasteiger partial charge on any atom is -0.335 e. The summed E-state index contributed by atoms with van der Waals surface area (Å²) in [6.45, 7) is 4.97. The molecule has 2 heterocycles. The van der Waals surface area contributed by atoms with Crippen molar-refractivity contribution in [1.29, 1.82) is 0 Å². The van der Waals surface area contributed by atoms with E-state index in [0.717, 1.165) is 11.5 Å². The van der Waals surface area contributed by atoms with Crippen molar-refractivity contribution < 1.29 is 14.5 Å². The predicted molar refractivity (Wildman–Crippen MR) is 99.0 cm³/mol. The summed E-state index contributed by atoms with van der Waals surface area (Å²) in [7, 11) is 0. The Hall–Kier alpha value is -2.72. The molecule has 10 heteroatoms. The van der Waals surface area contributed by atoms with Gasteiger partial charge in [-0.1, -0.05) is 4.49 Å². The Kier molecular flexibility index (Phi) is 5.87. The number of hydrogen-bond donors (Lipinski definition) is 0. The van der Waals surface area contributed by atoms with E-state index in [1.165, 1.54) is 24.3 Å². The Morgan fingerprint density at radius 3 is 2.41 bits per heavy atom. The van der Waals surface area contributed by atoms with Gasteiger partial charge in [-0.15, -0.1) is 5.10 Å². The molecular formula is C17H19N5O4S. The molecule has 1 aromatic heterocycles. The van der Waals surface area contributed by atoms with E-state index in [2.05, 4.69) is 14.5 Å². The molecule has 0 aliphatic carbocycles. The molecule has 0 unspecified atom stereocenters. The lowest BCUT2D eigenvalue weighted by molar-refractivity contribution is -0.384. The summed E-state index contributed by atoms with van der Waals surface area (Å²) in [6.07, 6.45) is 0.337. The Morgan fingerprint density at radius 2 is 1.85 bits per heavy atom. The third-order valence-corrected chi connectivity index (χ3v) is 5.38. The number of nitrogens with zero attached hydrogens (tertiary/aromatic N) is 5. The van der Waals surface area contributed by atoms with Crippen LogP contribution in [0.3, 0.4) is 0 Å².